The number of rotatable bonds is 4. The third kappa shape index (κ3) is 2.35. The van der Waals surface area contributed by atoms with Crippen molar-refractivity contribution in [3.8, 4) is 0 Å². The summed E-state index contributed by atoms with van der Waals surface area (Å²) < 4.78 is 7.25. The third-order valence-electron chi connectivity index (χ3n) is 4.09. The molecular formula is C15H20N2O2S. The van der Waals surface area contributed by atoms with Gasteiger partial charge in [-0.05, 0) is 32.1 Å². The Balaban J connectivity index is 1.94. The monoisotopic (exact) mass is 292 g/mol. The van der Waals surface area contributed by atoms with Gasteiger partial charge >= 0.3 is 5.97 Å². The van der Waals surface area contributed by atoms with Gasteiger partial charge in [0.25, 0.3) is 0 Å². The Kier molecular flexibility index (Phi) is 3.78. The zero-order valence-electron chi connectivity index (χ0n) is 12.0. The number of fused-ring (bicyclic) bond motifs is 3. The van der Waals surface area contributed by atoms with Crippen molar-refractivity contribution in [1.82, 2.24) is 9.38 Å². The molecule has 1 unspecified atom stereocenters. The number of carbonyl (C=O) groups excluding carboxylic acids is 1. The molecule has 20 heavy (non-hydrogen) atoms. The van der Waals surface area contributed by atoms with Crippen LogP contribution in [0.25, 0.3) is 4.96 Å². The molecule has 0 aliphatic heterocycles. The van der Waals surface area contributed by atoms with E-state index in [4.69, 9.17) is 9.72 Å². The van der Waals surface area contributed by atoms with Gasteiger partial charge in [0.2, 0.25) is 0 Å². The minimum atomic E-state index is -0.155. The van der Waals surface area contributed by atoms with Gasteiger partial charge in [-0.2, -0.15) is 0 Å². The van der Waals surface area contributed by atoms with Gasteiger partial charge in [0, 0.05) is 16.8 Å². The molecule has 4 nitrogen and oxygen atoms in total. The summed E-state index contributed by atoms with van der Waals surface area (Å²) in [6.07, 6.45) is 4.94. The van der Waals surface area contributed by atoms with Crippen LogP contribution in [0.3, 0.4) is 0 Å². The van der Waals surface area contributed by atoms with Crippen molar-refractivity contribution < 1.29 is 9.53 Å². The van der Waals surface area contributed by atoms with Crippen LogP contribution in [-0.4, -0.2) is 22.0 Å². The lowest BCUT2D eigenvalue weighted by Crippen LogP contribution is -2.16. The number of hydrogen-bond donors (Lipinski definition) is 0. The Labute approximate surface area is 122 Å². The van der Waals surface area contributed by atoms with Crippen LogP contribution in [0.4, 0.5) is 0 Å². The summed E-state index contributed by atoms with van der Waals surface area (Å²) in [5.41, 5.74) is 3.57. The maximum absolute atomic E-state index is 11.7. The van der Waals surface area contributed by atoms with E-state index in [1.54, 1.807) is 11.3 Å². The summed E-state index contributed by atoms with van der Waals surface area (Å²) in [6, 6.07) is 0. The number of imidazole rings is 1. The second-order valence-corrected chi connectivity index (χ2v) is 6.19. The van der Waals surface area contributed by atoms with Crippen LogP contribution in [0, 0.1) is 5.92 Å². The fourth-order valence-corrected chi connectivity index (χ4v) is 3.90. The number of hydrogen-bond acceptors (Lipinski definition) is 4. The third-order valence-corrected chi connectivity index (χ3v) is 4.97. The lowest BCUT2D eigenvalue weighted by Gasteiger charge is -2.20. The molecule has 0 bridgehead atoms. The molecule has 108 valence electrons. The Hall–Kier alpha value is -1.36. The first-order chi connectivity index (χ1) is 9.72. The van der Waals surface area contributed by atoms with Crippen LogP contribution in [0.5, 0.6) is 0 Å². The summed E-state index contributed by atoms with van der Waals surface area (Å²) in [7, 11) is 0. The van der Waals surface area contributed by atoms with Gasteiger partial charge in [0.05, 0.1) is 18.7 Å². The highest BCUT2D eigenvalue weighted by atomic mass is 32.1. The van der Waals surface area contributed by atoms with Gasteiger partial charge in [-0.3, -0.25) is 9.20 Å². The molecule has 1 aliphatic rings. The lowest BCUT2D eigenvalue weighted by atomic mass is 9.88. The maximum Gasteiger partial charge on any atom is 0.311 e. The first kappa shape index (κ1) is 13.6. The molecule has 0 N–H and O–H groups in total. The molecule has 1 atom stereocenters. The van der Waals surface area contributed by atoms with E-state index in [1.165, 1.54) is 24.2 Å². The van der Waals surface area contributed by atoms with Crippen molar-refractivity contribution in [2.45, 2.75) is 46.0 Å². The summed E-state index contributed by atoms with van der Waals surface area (Å²) in [5, 5.41) is 2.04. The number of aromatic nitrogens is 2. The number of nitrogens with zero attached hydrogens (tertiary/aromatic N) is 2. The Bertz CT molecular complexity index is 629. The predicted molar refractivity (Wildman–Crippen MR) is 79.2 cm³/mol. The smallest absolute Gasteiger partial charge is 0.311 e. The first-order valence-corrected chi connectivity index (χ1v) is 8.23. The van der Waals surface area contributed by atoms with E-state index < -0.39 is 0 Å². The number of aryl methyl sites for hydroxylation is 1. The number of thiazole rings is 1. The number of ether oxygens (including phenoxy) is 1. The molecule has 0 aromatic carbocycles. The average Bonchev–Trinajstić information content (AvgIpc) is 2.98. The molecule has 0 radical (unpaired) electrons. The van der Waals surface area contributed by atoms with E-state index >= 15 is 0 Å². The van der Waals surface area contributed by atoms with Crippen molar-refractivity contribution in [3.05, 3.63) is 22.5 Å². The molecule has 0 saturated carbocycles. The molecule has 0 fully saturated rings. The molecule has 1 aliphatic carbocycles. The Morgan fingerprint density at radius 1 is 1.55 bits per heavy atom. The molecule has 3 rings (SSSR count). The summed E-state index contributed by atoms with van der Waals surface area (Å²) >= 11 is 1.62. The highest BCUT2D eigenvalue weighted by Gasteiger charge is 2.24. The van der Waals surface area contributed by atoms with Crippen LogP contribution in [-0.2, 0) is 28.8 Å². The van der Waals surface area contributed by atoms with Crippen LogP contribution in [0.15, 0.2) is 5.38 Å². The minimum Gasteiger partial charge on any atom is -0.466 e. The number of esters is 1. The Morgan fingerprint density at radius 3 is 3.15 bits per heavy atom. The quantitative estimate of drug-likeness (QED) is 0.814. The van der Waals surface area contributed by atoms with Crippen LogP contribution in [0.1, 0.15) is 43.8 Å². The molecule has 2 heterocycles. The van der Waals surface area contributed by atoms with E-state index in [2.05, 4.69) is 11.3 Å². The Morgan fingerprint density at radius 2 is 2.40 bits per heavy atom. The van der Waals surface area contributed by atoms with E-state index in [9.17, 15) is 4.79 Å². The predicted octanol–water partition coefficient (Wildman–Crippen LogP) is 3.02. The van der Waals surface area contributed by atoms with Gasteiger partial charge in [0.15, 0.2) is 4.96 Å². The number of carbonyl (C=O) groups is 1. The highest BCUT2D eigenvalue weighted by Crippen LogP contribution is 2.31. The standard InChI is InChI=1S/C15H20N2O2S/c1-3-10-5-6-12-13(7-10)17-11(8-14(18)19-4-2)9-20-15(17)16-12/h9-10H,3-8H2,1-2H3. The molecule has 0 saturated heterocycles. The molecule has 2 aromatic heterocycles. The summed E-state index contributed by atoms with van der Waals surface area (Å²) in [6.45, 7) is 4.53. The minimum absolute atomic E-state index is 0.155. The van der Waals surface area contributed by atoms with Crippen LogP contribution < -0.4 is 0 Å². The van der Waals surface area contributed by atoms with Gasteiger partial charge in [0.1, 0.15) is 0 Å². The van der Waals surface area contributed by atoms with E-state index in [0.29, 0.717) is 13.0 Å². The van der Waals surface area contributed by atoms with Crippen molar-refractivity contribution >= 4 is 22.3 Å². The van der Waals surface area contributed by atoms with Gasteiger partial charge in [-0.25, -0.2) is 4.98 Å². The van der Waals surface area contributed by atoms with Crippen LogP contribution in [0.2, 0.25) is 0 Å². The fraction of sp³-hybridized carbons (Fsp3) is 0.600. The molecule has 0 spiro atoms. The highest BCUT2D eigenvalue weighted by molar-refractivity contribution is 7.15. The molecule has 2 aromatic rings. The van der Waals surface area contributed by atoms with Gasteiger partial charge in [-0.15, -0.1) is 11.3 Å². The lowest BCUT2D eigenvalue weighted by molar-refractivity contribution is -0.142. The van der Waals surface area contributed by atoms with Crippen molar-refractivity contribution in [3.63, 3.8) is 0 Å². The summed E-state index contributed by atoms with van der Waals surface area (Å²) in [5.74, 6) is 0.593. The van der Waals surface area contributed by atoms with E-state index in [1.807, 2.05) is 12.3 Å². The first-order valence-electron chi connectivity index (χ1n) is 7.35. The molecule has 0 amide bonds. The normalized spacial score (nSPS) is 18.2. The maximum atomic E-state index is 11.7. The zero-order chi connectivity index (χ0) is 14.1. The average molecular weight is 292 g/mol. The summed E-state index contributed by atoms with van der Waals surface area (Å²) in [4.78, 5) is 17.5. The fourth-order valence-electron chi connectivity index (χ4n) is 2.98. The topological polar surface area (TPSA) is 43.6 Å². The molecular weight excluding hydrogens is 272 g/mol. The SMILES string of the molecule is CCOC(=O)Cc1csc2nc3c(n12)CC(CC)CC3. The van der Waals surface area contributed by atoms with Crippen molar-refractivity contribution in [2.24, 2.45) is 5.92 Å². The van der Waals surface area contributed by atoms with Crippen molar-refractivity contribution in [2.75, 3.05) is 6.61 Å². The van der Waals surface area contributed by atoms with Gasteiger partial charge in [-0.1, -0.05) is 13.3 Å². The molecule has 5 heteroatoms. The second-order valence-electron chi connectivity index (χ2n) is 5.35. The van der Waals surface area contributed by atoms with E-state index in [-0.39, 0.29) is 5.97 Å². The largest absolute Gasteiger partial charge is 0.466 e. The van der Waals surface area contributed by atoms with Crippen molar-refractivity contribution in [1.29, 1.82) is 0 Å². The van der Waals surface area contributed by atoms with Crippen LogP contribution >= 0.6 is 11.3 Å². The zero-order valence-corrected chi connectivity index (χ0v) is 12.8. The van der Waals surface area contributed by atoms with Gasteiger partial charge < -0.3 is 4.74 Å². The second kappa shape index (κ2) is 5.56. The van der Waals surface area contributed by atoms with E-state index in [0.717, 1.165) is 29.4 Å².